The molecule has 1 heterocycles. The number of aromatic nitrogens is 2. The van der Waals surface area contributed by atoms with Crippen LogP contribution in [0.3, 0.4) is 0 Å². The van der Waals surface area contributed by atoms with Gasteiger partial charge in [-0.1, -0.05) is 13.3 Å². The summed E-state index contributed by atoms with van der Waals surface area (Å²) in [7, 11) is 0. The smallest absolute Gasteiger partial charge is 0.246 e. The maximum Gasteiger partial charge on any atom is 0.246 e. The predicted molar refractivity (Wildman–Crippen MR) is 73.6 cm³/mol. The third-order valence-electron chi connectivity index (χ3n) is 2.82. The molecule has 0 atom stereocenters. The van der Waals surface area contributed by atoms with Crippen molar-refractivity contribution in [2.45, 2.75) is 26.3 Å². The van der Waals surface area contributed by atoms with E-state index in [1.807, 2.05) is 0 Å². The SMILES string of the molecule is CCCCOCC(=O)NCc1nc2ccc(F)cc2[nH]1. The summed E-state index contributed by atoms with van der Waals surface area (Å²) in [5.74, 6) is 0.0845. The van der Waals surface area contributed by atoms with Gasteiger partial charge in [0.1, 0.15) is 18.2 Å². The van der Waals surface area contributed by atoms with Crippen LogP contribution in [-0.4, -0.2) is 29.1 Å². The minimum absolute atomic E-state index is 0.0505. The van der Waals surface area contributed by atoms with Gasteiger partial charge >= 0.3 is 0 Å². The number of hydrogen-bond donors (Lipinski definition) is 2. The zero-order valence-electron chi connectivity index (χ0n) is 11.4. The number of unbranched alkanes of at least 4 members (excludes halogenated alkanes) is 1. The fourth-order valence-corrected chi connectivity index (χ4v) is 1.76. The van der Waals surface area contributed by atoms with Crippen LogP contribution in [0, 0.1) is 5.82 Å². The zero-order chi connectivity index (χ0) is 14.4. The Bertz CT molecular complexity index is 583. The normalized spacial score (nSPS) is 10.9. The summed E-state index contributed by atoms with van der Waals surface area (Å²) >= 11 is 0. The molecule has 1 aromatic carbocycles. The quantitative estimate of drug-likeness (QED) is 0.763. The minimum atomic E-state index is -0.318. The number of fused-ring (bicyclic) bond motifs is 1. The second-order valence-electron chi connectivity index (χ2n) is 4.53. The first-order valence-electron chi connectivity index (χ1n) is 6.67. The second-order valence-corrected chi connectivity index (χ2v) is 4.53. The van der Waals surface area contributed by atoms with Gasteiger partial charge in [-0.15, -0.1) is 0 Å². The third kappa shape index (κ3) is 4.03. The van der Waals surface area contributed by atoms with Crippen molar-refractivity contribution >= 4 is 16.9 Å². The van der Waals surface area contributed by atoms with Crippen molar-refractivity contribution in [3.8, 4) is 0 Å². The van der Waals surface area contributed by atoms with E-state index >= 15 is 0 Å². The van der Waals surface area contributed by atoms with E-state index in [9.17, 15) is 9.18 Å². The highest BCUT2D eigenvalue weighted by Gasteiger charge is 2.06. The van der Waals surface area contributed by atoms with E-state index in [1.54, 1.807) is 6.07 Å². The highest BCUT2D eigenvalue weighted by atomic mass is 19.1. The number of H-pyrrole nitrogens is 1. The molecule has 108 valence electrons. The van der Waals surface area contributed by atoms with Crippen LogP contribution in [0.15, 0.2) is 18.2 Å². The van der Waals surface area contributed by atoms with Crippen LogP contribution in [0.4, 0.5) is 4.39 Å². The van der Waals surface area contributed by atoms with E-state index in [2.05, 4.69) is 22.2 Å². The lowest BCUT2D eigenvalue weighted by Crippen LogP contribution is -2.27. The first-order chi connectivity index (χ1) is 9.69. The van der Waals surface area contributed by atoms with E-state index in [-0.39, 0.29) is 24.9 Å². The molecule has 0 aliphatic heterocycles. The van der Waals surface area contributed by atoms with Crippen molar-refractivity contribution in [3.05, 3.63) is 29.8 Å². The highest BCUT2D eigenvalue weighted by molar-refractivity contribution is 5.77. The van der Waals surface area contributed by atoms with Gasteiger partial charge in [-0.25, -0.2) is 9.37 Å². The number of amides is 1. The fourth-order valence-electron chi connectivity index (χ4n) is 1.76. The van der Waals surface area contributed by atoms with Crippen LogP contribution in [0.2, 0.25) is 0 Å². The summed E-state index contributed by atoms with van der Waals surface area (Å²) in [6.45, 7) is 2.98. The summed E-state index contributed by atoms with van der Waals surface area (Å²) < 4.78 is 18.2. The molecule has 20 heavy (non-hydrogen) atoms. The van der Waals surface area contributed by atoms with Crippen molar-refractivity contribution in [2.24, 2.45) is 0 Å². The number of carbonyl (C=O) groups is 1. The monoisotopic (exact) mass is 279 g/mol. The van der Waals surface area contributed by atoms with Gasteiger partial charge < -0.3 is 15.0 Å². The average Bonchev–Trinajstić information content (AvgIpc) is 2.83. The maximum absolute atomic E-state index is 13.0. The van der Waals surface area contributed by atoms with Gasteiger partial charge in [0.05, 0.1) is 17.6 Å². The van der Waals surface area contributed by atoms with Crippen LogP contribution in [0.25, 0.3) is 11.0 Å². The Kier molecular flexibility index (Phi) is 5.06. The van der Waals surface area contributed by atoms with Gasteiger partial charge in [0.2, 0.25) is 5.91 Å². The molecule has 0 saturated carbocycles. The third-order valence-corrected chi connectivity index (χ3v) is 2.82. The Balaban J connectivity index is 1.81. The van der Waals surface area contributed by atoms with Crippen LogP contribution < -0.4 is 5.32 Å². The molecule has 0 spiro atoms. The Morgan fingerprint density at radius 2 is 2.35 bits per heavy atom. The van der Waals surface area contributed by atoms with Crippen molar-refractivity contribution in [1.82, 2.24) is 15.3 Å². The molecule has 0 aliphatic rings. The van der Waals surface area contributed by atoms with Crippen molar-refractivity contribution in [2.75, 3.05) is 13.2 Å². The number of halogens is 1. The van der Waals surface area contributed by atoms with Crippen molar-refractivity contribution in [1.29, 1.82) is 0 Å². The lowest BCUT2D eigenvalue weighted by atomic mass is 10.3. The molecule has 0 saturated heterocycles. The van der Waals surface area contributed by atoms with Gasteiger partial charge in [0, 0.05) is 6.61 Å². The van der Waals surface area contributed by atoms with E-state index in [0.717, 1.165) is 12.8 Å². The summed E-state index contributed by atoms with van der Waals surface area (Å²) in [5.41, 5.74) is 1.29. The Morgan fingerprint density at radius 3 is 3.15 bits per heavy atom. The molecular formula is C14H18FN3O2. The van der Waals surface area contributed by atoms with Gasteiger partial charge in [-0.3, -0.25) is 4.79 Å². The Morgan fingerprint density at radius 1 is 1.50 bits per heavy atom. The number of nitrogens with zero attached hydrogens (tertiary/aromatic N) is 1. The number of hydrogen-bond acceptors (Lipinski definition) is 3. The molecule has 1 aromatic heterocycles. The van der Waals surface area contributed by atoms with Gasteiger partial charge in [-0.2, -0.15) is 0 Å². The number of carbonyl (C=O) groups excluding carboxylic acids is 1. The fraction of sp³-hybridized carbons (Fsp3) is 0.429. The number of nitrogens with one attached hydrogen (secondary N) is 2. The van der Waals surface area contributed by atoms with Crippen molar-refractivity contribution < 1.29 is 13.9 Å². The molecule has 1 amide bonds. The molecule has 2 aromatic rings. The first-order valence-corrected chi connectivity index (χ1v) is 6.67. The minimum Gasteiger partial charge on any atom is -0.372 e. The number of rotatable bonds is 7. The molecule has 2 rings (SSSR count). The molecule has 6 heteroatoms. The highest BCUT2D eigenvalue weighted by Crippen LogP contribution is 2.12. The summed E-state index contributed by atoms with van der Waals surface area (Å²) in [6, 6.07) is 4.33. The molecule has 0 unspecified atom stereocenters. The number of ether oxygens (including phenoxy) is 1. The van der Waals surface area contributed by atoms with E-state index in [1.165, 1.54) is 12.1 Å². The lowest BCUT2D eigenvalue weighted by molar-refractivity contribution is -0.125. The largest absolute Gasteiger partial charge is 0.372 e. The average molecular weight is 279 g/mol. The molecule has 0 aliphatic carbocycles. The lowest BCUT2D eigenvalue weighted by Gasteiger charge is -2.04. The molecule has 0 radical (unpaired) electrons. The summed E-state index contributed by atoms with van der Waals surface area (Å²) in [4.78, 5) is 18.7. The molecule has 5 nitrogen and oxygen atoms in total. The van der Waals surface area contributed by atoms with Crippen LogP contribution >= 0.6 is 0 Å². The van der Waals surface area contributed by atoms with Gasteiger partial charge in [0.25, 0.3) is 0 Å². The number of aromatic amines is 1. The molecule has 0 fully saturated rings. The first kappa shape index (κ1) is 14.5. The van der Waals surface area contributed by atoms with Crippen LogP contribution in [0.1, 0.15) is 25.6 Å². The van der Waals surface area contributed by atoms with Gasteiger partial charge in [-0.05, 0) is 24.6 Å². The van der Waals surface area contributed by atoms with E-state index in [4.69, 9.17) is 4.74 Å². The van der Waals surface area contributed by atoms with Crippen LogP contribution in [-0.2, 0) is 16.1 Å². The predicted octanol–water partition coefficient (Wildman–Crippen LogP) is 2.13. The van der Waals surface area contributed by atoms with Gasteiger partial charge in [0.15, 0.2) is 0 Å². The van der Waals surface area contributed by atoms with E-state index < -0.39 is 0 Å². The Labute approximate surface area is 116 Å². The van der Waals surface area contributed by atoms with Crippen molar-refractivity contribution in [3.63, 3.8) is 0 Å². The number of benzene rings is 1. The topological polar surface area (TPSA) is 67.0 Å². The molecule has 0 bridgehead atoms. The molecular weight excluding hydrogens is 261 g/mol. The zero-order valence-corrected chi connectivity index (χ0v) is 11.4. The summed E-state index contributed by atoms with van der Waals surface area (Å²) in [6.07, 6.45) is 1.99. The second kappa shape index (κ2) is 7.00. The summed E-state index contributed by atoms with van der Waals surface area (Å²) in [5, 5.41) is 2.70. The van der Waals surface area contributed by atoms with Crippen LogP contribution in [0.5, 0.6) is 0 Å². The van der Waals surface area contributed by atoms with E-state index in [0.29, 0.717) is 23.5 Å². The maximum atomic E-state index is 13.0. The standard InChI is InChI=1S/C14H18FN3O2/c1-2-3-6-20-9-14(19)16-8-13-17-11-5-4-10(15)7-12(11)18-13/h4-5,7H,2-3,6,8-9H2,1H3,(H,16,19)(H,17,18). The number of imidazole rings is 1. The Hall–Kier alpha value is -1.95. The molecule has 2 N–H and O–H groups in total.